The number of nitrogens with one attached hydrogen (secondary N) is 1. The Hall–Kier alpha value is -3.03. The molecule has 164 valence electrons. The number of aliphatic hydroxyl groups excluding tert-OH is 1. The molecule has 1 heterocycles. The molecule has 0 aliphatic rings. The van der Waals surface area contributed by atoms with Gasteiger partial charge in [0.05, 0.1) is 35.9 Å². The van der Waals surface area contributed by atoms with Crippen LogP contribution in [0, 0.1) is 20.8 Å². The molecule has 1 unspecified atom stereocenters. The molecule has 1 aromatic heterocycles. The molecule has 3 aromatic rings. The van der Waals surface area contributed by atoms with E-state index in [1.165, 1.54) is 4.68 Å². The van der Waals surface area contributed by atoms with E-state index in [-0.39, 0.29) is 18.7 Å². The van der Waals surface area contributed by atoms with Crippen LogP contribution >= 0.6 is 0 Å². The van der Waals surface area contributed by atoms with Crippen molar-refractivity contribution >= 4 is 16.7 Å². The number of rotatable bonds is 8. The Balaban J connectivity index is 1.86. The van der Waals surface area contributed by atoms with Crippen LogP contribution < -0.4 is 10.9 Å². The van der Waals surface area contributed by atoms with Gasteiger partial charge in [-0.25, -0.2) is 9.48 Å². The maximum Gasteiger partial charge on any atom is 0.338 e. The third-order valence-electron chi connectivity index (χ3n) is 5.30. The van der Waals surface area contributed by atoms with Crippen molar-refractivity contribution in [3.8, 4) is 0 Å². The first kappa shape index (κ1) is 22.7. The van der Waals surface area contributed by atoms with Crippen LogP contribution in [0.3, 0.4) is 0 Å². The largest absolute Gasteiger partial charge is 0.462 e. The summed E-state index contributed by atoms with van der Waals surface area (Å²) in [5.74, 6) is -0.440. The normalized spacial score (nSPS) is 12.2. The molecule has 0 radical (unpaired) electrons. The minimum absolute atomic E-state index is 0.0550. The number of ether oxygens (including phenoxy) is 1. The average molecular weight is 424 g/mol. The van der Waals surface area contributed by atoms with Gasteiger partial charge in [-0.15, -0.1) is 0 Å². The predicted molar refractivity (Wildman–Crippen MR) is 120 cm³/mol. The standard InChI is InChI=1S/C24H29N3O4/c1-5-31-24(30)21-15(2)11-20-17(4)26-27(23(29)22(20)16(21)3)14-19(28)13-25-12-18-9-7-6-8-10-18/h6-11,19,25,28H,5,12-14H2,1-4H3. The molecule has 7 heteroatoms. The Morgan fingerprint density at radius 2 is 1.94 bits per heavy atom. The second-order valence-electron chi connectivity index (χ2n) is 7.68. The summed E-state index contributed by atoms with van der Waals surface area (Å²) in [4.78, 5) is 25.6. The smallest absolute Gasteiger partial charge is 0.338 e. The van der Waals surface area contributed by atoms with E-state index in [1.54, 1.807) is 19.9 Å². The van der Waals surface area contributed by atoms with Gasteiger partial charge >= 0.3 is 5.97 Å². The van der Waals surface area contributed by atoms with Crippen LogP contribution in [-0.4, -0.2) is 40.1 Å². The number of carbonyl (C=O) groups is 1. The van der Waals surface area contributed by atoms with Crippen LogP contribution in [0.1, 0.15) is 39.7 Å². The van der Waals surface area contributed by atoms with Gasteiger partial charge < -0.3 is 15.2 Å². The number of nitrogens with zero attached hydrogens (tertiary/aromatic N) is 2. The van der Waals surface area contributed by atoms with Crippen molar-refractivity contribution < 1.29 is 14.6 Å². The number of hydrogen-bond acceptors (Lipinski definition) is 6. The molecule has 0 fully saturated rings. The number of fused-ring (bicyclic) bond motifs is 1. The van der Waals surface area contributed by atoms with Crippen molar-refractivity contribution in [1.29, 1.82) is 0 Å². The van der Waals surface area contributed by atoms with Crippen molar-refractivity contribution in [3.05, 3.63) is 74.7 Å². The summed E-state index contributed by atoms with van der Waals surface area (Å²) < 4.78 is 6.45. The topological polar surface area (TPSA) is 93.4 Å². The van der Waals surface area contributed by atoms with E-state index in [9.17, 15) is 14.7 Å². The van der Waals surface area contributed by atoms with Crippen LogP contribution in [0.25, 0.3) is 10.8 Å². The number of esters is 1. The lowest BCUT2D eigenvalue weighted by Gasteiger charge is -2.17. The summed E-state index contributed by atoms with van der Waals surface area (Å²) in [6, 6.07) is 11.7. The molecule has 2 aromatic carbocycles. The first-order valence-electron chi connectivity index (χ1n) is 10.4. The highest BCUT2D eigenvalue weighted by molar-refractivity contribution is 6.00. The lowest BCUT2D eigenvalue weighted by molar-refractivity contribution is 0.0525. The highest BCUT2D eigenvalue weighted by Crippen LogP contribution is 2.25. The molecule has 0 spiro atoms. The fourth-order valence-electron chi connectivity index (χ4n) is 3.84. The van der Waals surface area contributed by atoms with Crippen LogP contribution in [0.4, 0.5) is 0 Å². The summed E-state index contributed by atoms with van der Waals surface area (Å²) >= 11 is 0. The van der Waals surface area contributed by atoms with Gasteiger partial charge in [-0.2, -0.15) is 5.10 Å². The molecular formula is C24H29N3O4. The minimum Gasteiger partial charge on any atom is -0.462 e. The Kier molecular flexibility index (Phi) is 7.20. The van der Waals surface area contributed by atoms with Gasteiger partial charge in [0, 0.05) is 18.5 Å². The highest BCUT2D eigenvalue weighted by atomic mass is 16.5. The van der Waals surface area contributed by atoms with Gasteiger partial charge in [-0.3, -0.25) is 4.79 Å². The zero-order valence-corrected chi connectivity index (χ0v) is 18.4. The molecule has 0 saturated carbocycles. The molecule has 0 saturated heterocycles. The van der Waals surface area contributed by atoms with Crippen molar-refractivity contribution in [2.75, 3.05) is 13.2 Å². The lowest BCUT2D eigenvalue weighted by atomic mass is 9.96. The number of aryl methyl sites for hydroxylation is 3. The quantitative estimate of drug-likeness (QED) is 0.541. The monoisotopic (exact) mass is 423 g/mol. The molecule has 0 aliphatic carbocycles. The van der Waals surface area contributed by atoms with Crippen molar-refractivity contribution in [2.24, 2.45) is 0 Å². The Labute approximate surface area is 181 Å². The van der Waals surface area contributed by atoms with Gasteiger partial charge in [-0.1, -0.05) is 30.3 Å². The minimum atomic E-state index is -0.791. The summed E-state index contributed by atoms with van der Waals surface area (Å²) in [6.07, 6.45) is -0.791. The molecule has 7 nitrogen and oxygen atoms in total. The third kappa shape index (κ3) is 5.00. The number of hydrogen-bond donors (Lipinski definition) is 2. The predicted octanol–water partition coefficient (Wildman–Crippen LogP) is 2.65. The molecule has 0 amide bonds. The zero-order chi connectivity index (χ0) is 22.5. The van der Waals surface area contributed by atoms with E-state index >= 15 is 0 Å². The maximum atomic E-state index is 13.2. The van der Waals surface area contributed by atoms with Crippen LogP contribution in [-0.2, 0) is 17.8 Å². The van der Waals surface area contributed by atoms with Crippen molar-refractivity contribution in [2.45, 2.75) is 46.9 Å². The molecule has 2 N–H and O–H groups in total. The first-order chi connectivity index (χ1) is 14.8. The van der Waals surface area contributed by atoms with Gasteiger partial charge in [0.15, 0.2) is 0 Å². The van der Waals surface area contributed by atoms with Crippen molar-refractivity contribution in [1.82, 2.24) is 15.1 Å². The van der Waals surface area contributed by atoms with Gasteiger partial charge in [0.25, 0.3) is 5.56 Å². The lowest BCUT2D eigenvalue weighted by Crippen LogP contribution is -2.35. The number of aliphatic hydroxyl groups is 1. The van der Waals surface area contributed by atoms with Crippen LogP contribution in [0.2, 0.25) is 0 Å². The Morgan fingerprint density at radius 3 is 2.61 bits per heavy atom. The molecule has 31 heavy (non-hydrogen) atoms. The van der Waals surface area contributed by atoms with E-state index in [2.05, 4.69) is 10.4 Å². The molecule has 3 rings (SSSR count). The summed E-state index contributed by atoms with van der Waals surface area (Å²) in [6.45, 7) is 8.41. The van der Waals surface area contributed by atoms with Crippen LogP contribution in [0.15, 0.2) is 41.2 Å². The van der Waals surface area contributed by atoms with Gasteiger partial charge in [0.2, 0.25) is 0 Å². The Morgan fingerprint density at radius 1 is 1.23 bits per heavy atom. The highest BCUT2D eigenvalue weighted by Gasteiger charge is 2.21. The Bertz CT molecular complexity index is 1140. The van der Waals surface area contributed by atoms with Crippen molar-refractivity contribution in [3.63, 3.8) is 0 Å². The first-order valence-corrected chi connectivity index (χ1v) is 10.4. The molecule has 0 bridgehead atoms. The van der Waals surface area contributed by atoms with E-state index in [0.717, 1.165) is 11.1 Å². The summed E-state index contributed by atoms with van der Waals surface area (Å²) in [7, 11) is 0. The van der Waals surface area contributed by atoms with Crippen LogP contribution in [0.5, 0.6) is 0 Å². The zero-order valence-electron chi connectivity index (χ0n) is 18.4. The second-order valence-corrected chi connectivity index (χ2v) is 7.68. The SMILES string of the molecule is CCOC(=O)c1c(C)cc2c(C)nn(CC(O)CNCc3ccccc3)c(=O)c2c1C. The fraction of sp³-hybridized carbons (Fsp3) is 0.375. The van der Waals surface area contributed by atoms with Gasteiger partial charge in [-0.05, 0) is 50.5 Å². The fourth-order valence-corrected chi connectivity index (χ4v) is 3.84. The van der Waals surface area contributed by atoms with E-state index < -0.39 is 12.1 Å². The molecule has 0 aliphatic heterocycles. The van der Waals surface area contributed by atoms with E-state index in [1.807, 2.05) is 44.2 Å². The molecule has 1 atom stereocenters. The third-order valence-corrected chi connectivity index (χ3v) is 5.30. The number of carbonyl (C=O) groups excluding carboxylic acids is 1. The summed E-state index contributed by atoms with van der Waals surface area (Å²) in [5.41, 5.74) is 3.19. The summed E-state index contributed by atoms with van der Waals surface area (Å²) in [5, 5.41) is 19.2. The maximum absolute atomic E-state index is 13.2. The van der Waals surface area contributed by atoms with E-state index in [4.69, 9.17) is 4.74 Å². The number of benzene rings is 2. The number of aromatic nitrogens is 2. The molecular weight excluding hydrogens is 394 g/mol. The second kappa shape index (κ2) is 9.85. The average Bonchev–Trinajstić information content (AvgIpc) is 2.72. The van der Waals surface area contributed by atoms with E-state index in [0.29, 0.717) is 40.7 Å². The van der Waals surface area contributed by atoms with Gasteiger partial charge in [0.1, 0.15) is 0 Å².